The Labute approximate surface area is 133 Å². The van der Waals surface area contributed by atoms with Crippen molar-refractivity contribution in [3.05, 3.63) is 0 Å². The van der Waals surface area contributed by atoms with E-state index in [0.29, 0.717) is 19.4 Å². The highest BCUT2D eigenvalue weighted by molar-refractivity contribution is 5.81. The summed E-state index contributed by atoms with van der Waals surface area (Å²) in [7, 11) is 0. The van der Waals surface area contributed by atoms with E-state index in [4.69, 9.17) is 27.0 Å². The molecule has 1 fully saturated rings. The highest BCUT2D eigenvalue weighted by Gasteiger charge is 2.44. The lowest BCUT2D eigenvalue weighted by Gasteiger charge is -2.40. The van der Waals surface area contributed by atoms with Gasteiger partial charge in [0.1, 0.15) is 24.4 Å². The van der Waals surface area contributed by atoms with Crippen LogP contribution in [0.2, 0.25) is 0 Å². The lowest BCUT2D eigenvalue weighted by Crippen LogP contribution is -2.64. The van der Waals surface area contributed by atoms with E-state index < -0.39 is 49.2 Å². The van der Waals surface area contributed by atoms with Gasteiger partial charge in [0, 0.05) is 6.54 Å². The minimum absolute atomic E-state index is 0.0515. The van der Waals surface area contributed by atoms with Crippen molar-refractivity contribution in [1.82, 2.24) is 5.32 Å². The van der Waals surface area contributed by atoms with Crippen LogP contribution in [-0.4, -0.2) is 82.1 Å². The zero-order chi connectivity index (χ0) is 17.6. The van der Waals surface area contributed by atoms with E-state index in [2.05, 4.69) is 10.3 Å². The summed E-state index contributed by atoms with van der Waals surface area (Å²) < 4.78 is 5.16. The first-order valence-corrected chi connectivity index (χ1v) is 7.19. The number of rotatable bonds is 7. The molecule has 0 unspecified atom stereocenters. The normalized spacial score (nSPS) is 32.1. The number of nitrogens with one attached hydrogen (secondary N) is 1. The summed E-state index contributed by atoms with van der Waals surface area (Å²) in [6.45, 7) is -0.259. The summed E-state index contributed by atoms with van der Waals surface area (Å²) in [6.07, 6.45) is -6.23. The summed E-state index contributed by atoms with van der Waals surface area (Å²) in [5.74, 6) is -0.664. The fourth-order valence-corrected chi connectivity index (χ4v) is 2.12. The largest absolute Gasteiger partial charge is 0.394 e. The molecule has 0 saturated carbocycles. The Morgan fingerprint density at radius 1 is 1.22 bits per heavy atom. The van der Waals surface area contributed by atoms with Gasteiger partial charge in [-0.05, 0) is 12.8 Å². The molecule has 0 aliphatic carbocycles. The number of ether oxygens (including phenoxy) is 1. The van der Waals surface area contributed by atoms with E-state index in [9.17, 15) is 20.1 Å². The van der Waals surface area contributed by atoms with Crippen LogP contribution in [0.15, 0.2) is 4.99 Å². The lowest BCUT2D eigenvalue weighted by molar-refractivity contribution is -0.236. The number of nitrogens with two attached hydrogens (primary N) is 3. The Morgan fingerprint density at radius 2 is 1.87 bits per heavy atom. The molecule has 1 rings (SSSR count). The number of aliphatic hydroxyl groups is 4. The number of hydrogen-bond donors (Lipinski definition) is 8. The number of nitrogens with zero attached hydrogens (tertiary/aromatic N) is 1. The molecule has 11 heteroatoms. The van der Waals surface area contributed by atoms with Crippen LogP contribution in [-0.2, 0) is 9.53 Å². The van der Waals surface area contributed by atoms with Gasteiger partial charge >= 0.3 is 0 Å². The molecule has 1 amide bonds. The zero-order valence-corrected chi connectivity index (χ0v) is 12.6. The first kappa shape index (κ1) is 19.5. The summed E-state index contributed by atoms with van der Waals surface area (Å²) in [5.41, 5.74) is 16.0. The molecule has 6 atom stereocenters. The van der Waals surface area contributed by atoms with Gasteiger partial charge in [-0.25, -0.2) is 0 Å². The van der Waals surface area contributed by atoms with Gasteiger partial charge in [-0.1, -0.05) is 0 Å². The highest BCUT2D eigenvalue weighted by atomic mass is 16.6. The number of guanidine groups is 1. The maximum atomic E-state index is 11.9. The molecule has 1 aliphatic heterocycles. The van der Waals surface area contributed by atoms with Gasteiger partial charge < -0.3 is 47.7 Å². The topological polar surface area (TPSA) is 210 Å². The number of aliphatic imine (C=N–C) groups is 1. The molecule has 0 spiro atoms. The third kappa shape index (κ3) is 5.57. The first-order valence-electron chi connectivity index (χ1n) is 7.19. The minimum Gasteiger partial charge on any atom is -0.394 e. The molecule has 0 radical (unpaired) electrons. The third-order valence-electron chi connectivity index (χ3n) is 3.48. The van der Waals surface area contributed by atoms with Gasteiger partial charge in [0.15, 0.2) is 12.2 Å². The molecule has 0 aromatic rings. The van der Waals surface area contributed by atoms with Crippen LogP contribution >= 0.6 is 0 Å². The summed E-state index contributed by atoms with van der Waals surface area (Å²) in [4.78, 5) is 15.7. The predicted molar refractivity (Wildman–Crippen MR) is 79.8 cm³/mol. The highest BCUT2D eigenvalue weighted by Crippen LogP contribution is 2.19. The summed E-state index contributed by atoms with van der Waals surface area (Å²) >= 11 is 0. The number of aliphatic hydroxyl groups excluding tert-OH is 4. The van der Waals surface area contributed by atoms with E-state index >= 15 is 0 Å². The molecule has 0 bridgehead atoms. The number of carbonyl (C=O) groups is 1. The Balaban J connectivity index is 2.50. The van der Waals surface area contributed by atoms with Gasteiger partial charge in [-0.2, -0.15) is 0 Å². The summed E-state index contributed by atoms with van der Waals surface area (Å²) in [5, 5.41) is 40.5. The molecule has 11 nitrogen and oxygen atoms in total. The Bertz CT molecular complexity index is 417. The molecule has 134 valence electrons. The van der Waals surface area contributed by atoms with Crippen molar-refractivity contribution in [2.45, 2.75) is 49.5 Å². The van der Waals surface area contributed by atoms with Gasteiger partial charge in [-0.15, -0.1) is 0 Å². The maximum Gasteiger partial charge on any atom is 0.238 e. The molecular formula is C12H25N5O6. The second kappa shape index (κ2) is 8.96. The van der Waals surface area contributed by atoms with Crippen molar-refractivity contribution in [2.24, 2.45) is 22.2 Å². The molecule has 1 heterocycles. The van der Waals surface area contributed by atoms with Crippen molar-refractivity contribution in [3.63, 3.8) is 0 Å². The van der Waals surface area contributed by atoms with Crippen LogP contribution in [0.5, 0.6) is 0 Å². The Morgan fingerprint density at radius 3 is 2.43 bits per heavy atom. The number of hydrogen-bond acceptors (Lipinski definition) is 8. The number of amides is 1. The fraction of sp³-hybridized carbons (Fsp3) is 0.833. The molecule has 11 N–H and O–H groups in total. The summed E-state index contributed by atoms with van der Waals surface area (Å²) in [6, 6.07) is -0.892. The number of carbonyl (C=O) groups excluding carboxylic acids is 1. The molecule has 1 aliphatic rings. The quantitative estimate of drug-likeness (QED) is 0.127. The Kier molecular flexibility index (Phi) is 7.61. The molecule has 0 aromatic carbocycles. The van der Waals surface area contributed by atoms with Gasteiger partial charge in [0.05, 0.1) is 12.6 Å². The van der Waals surface area contributed by atoms with Crippen molar-refractivity contribution in [1.29, 1.82) is 0 Å². The van der Waals surface area contributed by atoms with Crippen molar-refractivity contribution in [2.75, 3.05) is 13.2 Å². The van der Waals surface area contributed by atoms with Crippen molar-refractivity contribution < 1.29 is 30.0 Å². The van der Waals surface area contributed by atoms with Crippen LogP contribution in [0.4, 0.5) is 0 Å². The predicted octanol–water partition coefficient (Wildman–Crippen LogP) is -4.72. The van der Waals surface area contributed by atoms with Crippen LogP contribution in [0.3, 0.4) is 0 Å². The van der Waals surface area contributed by atoms with E-state index in [1.807, 2.05) is 0 Å². The standard InChI is InChI=1S/C12H25N5O6/c13-5(2-1-3-16-12(14)15)10(22)17-11-9(21)8(20)7(19)6(4-18)23-11/h5-9,11,18-21H,1-4,13H2,(H,17,22)(H4,14,15,16)/t5-,6+,7+,8-,9+,11+/m0/s1. The van der Waals surface area contributed by atoms with Crippen LogP contribution < -0.4 is 22.5 Å². The van der Waals surface area contributed by atoms with Crippen LogP contribution in [0.25, 0.3) is 0 Å². The Hall–Kier alpha value is -1.50. The maximum absolute atomic E-state index is 11.9. The van der Waals surface area contributed by atoms with Gasteiger partial charge in [0.25, 0.3) is 0 Å². The molecular weight excluding hydrogens is 310 g/mol. The van der Waals surface area contributed by atoms with Crippen LogP contribution in [0, 0.1) is 0 Å². The first-order chi connectivity index (χ1) is 10.8. The van der Waals surface area contributed by atoms with E-state index in [-0.39, 0.29) is 5.96 Å². The van der Waals surface area contributed by atoms with Crippen LogP contribution in [0.1, 0.15) is 12.8 Å². The SMILES string of the molecule is NC(N)=NCCC[C@H](N)C(=O)N[C@@H]1O[C@H](CO)[C@@H](O)[C@H](O)[C@H]1O. The second-order valence-electron chi connectivity index (χ2n) is 5.31. The van der Waals surface area contributed by atoms with Crippen molar-refractivity contribution >= 4 is 11.9 Å². The van der Waals surface area contributed by atoms with E-state index in [1.54, 1.807) is 0 Å². The zero-order valence-electron chi connectivity index (χ0n) is 12.6. The molecule has 23 heavy (non-hydrogen) atoms. The smallest absolute Gasteiger partial charge is 0.238 e. The average molecular weight is 335 g/mol. The fourth-order valence-electron chi connectivity index (χ4n) is 2.12. The van der Waals surface area contributed by atoms with E-state index in [1.165, 1.54) is 0 Å². The van der Waals surface area contributed by atoms with Gasteiger partial charge in [0.2, 0.25) is 5.91 Å². The molecule has 0 aromatic heterocycles. The average Bonchev–Trinajstić information content (AvgIpc) is 2.51. The monoisotopic (exact) mass is 335 g/mol. The second-order valence-corrected chi connectivity index (χ2v) is 5.31. The van der Waals surface area contributed by atoms with Crippen molar-refractivity contribution in [3.8, 4) is 0 Å². The van der Waals surface area contributed by atoms with E-state index in [0.717, 1.165) is 0 Å². The van der Waals surface area contributed by atoms with Gasteiger partial charge in [-0.3, -0.25) is 9.79 Å². The lowest BCUT2D eigenvalue weighted by atomic mass is 9.98. The minimum atomic E-state index is -1.57. The third-order valence-corrected chi connectivity index (χ3v) is 3.48. The molecule has 1 saturated heterocycles.